The van der Waals surface area contributed by atoms with Gasteiger partial charge in [-0.25, -0.2) is 4.79 Å². The van der Waals surface area contributed by atoms with Gasteiger partial charge in [0, 0.05) is 6.10 Å². The van der Waals surface area contributed by atoms with Gasteiger partial charge in [-0.2, -0.15) is 4.79 Å². The van der Waals surface area contributed by atoms with Crippen LogP contribution in [-0.2, 0) is 14.0 Å². The molecule has 0 aliphatic carbocycles. The highest BCUT2D eigenvalue weighted by Gasteiger charge is 2.39. The van der Waals surface area contributed by atoms with Crippen LogP contribution in [0.4, 0.5) is 0 Å². The lowest BCUT2D eigenvalue weighted by Crippen LogP contribution is -2.44. The van der Waals surface area contributed by atoms with Crippen molar-refractivity contribution in [1.29, 1.82) is 0 Å². The molecule has 0 saturated carbocycles. The van der Waals surface area contributed by atoms with Gasteiger partial charge in [0.15, 0.2) is 8.32 Å². The van der Waals surface area contributed by atoms with E-state index in [0.717, 1.165) is 6.42 Å². The van der Waals surface area contributed by atoms with Crippen molar-refractivity contribution < 1.29 is 18.7 Å². The van der Waals surface area contributed by atoms with Gasteiger partial charge in [-0.1, -0.05) is 27.7 Å². The molecular formula is C14H28N2O3Si. The quantitative estimate of drug-likeness (QED) is 0.238. The zero-order chi connectivity index (χ0) is 16.0. The number of nitrogens with zero attached hydrogens (tertiary/aromatic N) is 2. The Bertz CT molecular complexity index is 382. The van der Waals surface area contributed by atoms with E-state index in [1.165, 1.54) is 7.11 Å². The molecule has 0 aliphatic heterocycles. The molecule has 0 rings (SSSR count). The number of rotatable bonds is 7. The highest BCUT2D eigenvalue weighted by molar-refractivity contribution is 6.74. The molecule has 0 heterocycles. The molecule has 1 atom stereocenters. The Kier molecular flexibility index (Phi) is 7.34. The molecule has 0 aromatic rings. The van der Waals surface area contributed by atoms with Crippen LogP contribution in [0.25, 0.3) is 5.53 Å². The normalized spacial score (nSPS) is 13.6. The minimum atomic E-state index is -1.83. The summed E-state index contributed by atoms with van der Waals surface area (Å²) in [5, 5.41) is 0.149. The number of esters is 1. The number of methoxy groups -OCH3 is 1. The fraction of sp³-hybridized carbons (Fsp3) is 0.857. The summed E-state index contributed by atoms with van der Waals surface area (Å²) >= 11 is 0. The number of hydrogen-bond acceptors (Lipinski definition) is 3. The van der Waals surface area contributed by atoms with E-state index in [9.17, 15) is 4.79 Å². The van der Waals surface area contributed by atoms with Crippen molar-refractivity contribution in [3.63, 3.8) is 0 Å². The molecule has 0 aromatic carbocycles. The summed E-state index contributed by atoms with van der Waals surface area (Å²) in [6, 6.07) is 0. The number of carbonyl (C=O) groups is 1. The first-order valence-electron chi connectivity index (χ1n) is 7.06. The average Bonchev–Trinajstić information content (AvgIpc) is 2.35. The number of carbonyl (C=O) groups excluding carboxylic acids is 1. The maximum Gasteiger partial charge on any atom is 0.416 e. The van der Waals surface area contributed by atoms with Gasteiger partial charge in [0.05, 0.1) is 13.5 Å². The van der Waals surface area contributed by atoms with Gasteiger partial charge in [0.25, 0.3) is 0 Å². The van der Waals surface area contributed by atoms with Crippen molar-refractivity contribution in [2.75, 3.05) is 7.11 Å². The summed E-state index contributed by atoms with van der Waals surface area (Å²) in [6.45, 7) is 13.1. The lowest BCUT2D eigenvalue weighted by atomic mass is 10.1. The Hall–Kier alpha value is -0.973. The molecule has 0 bridgehead atoms. The number of ether oxygens (including phenoxy) is 1. The maximum atomic E-state index is 11.3. The highest BCUT2D eigenvalue weighted by atomic mass is 28.4. The summed E-state index contributed by atoms with van der Waals surface area (Å²) < 4.78 is 10.9. The Morgan fingerprint density at radius 2 is 1.90 bits per heavy atom. The van der Waals surface area contributed by atoms with Crippen LogP contribution in [0.2, 0.25) is 18.1 Å². The molecule has 116 valence electrons. The van der Waals surface area contributed by atoms with Crippen molar-refractivity contribution in [3.05, 3.63) is 5.53 Å². The van der Waals surface area contributed by atoms with Gasteiger partial charge < -0.3 is 14.7 Å². The Morgan fingerprint density at radius 1 is 1.35 bits per heavy atom. The summed E-state index contributed by atoms with van der Waals surface area (Å²) in [7, 11) is -0.550. The van der Waals surface area contributed by atoms with E-state index in [2.05, 4.69) is 50.3 Å². The minimum Gasteiger partial charge on any atom is -0.460 e. The molecule has 0 amide bonds. The molecule has 0 spiro atoms. The van der Waals surface area contributed by atoms with Gasteiger partial charge in [-0.3, -0.25) is 0 Å². The maximum absolute atomic E-state index is 11.3. The first-order valence-corrected chi connectivity index (χ1v) is 9.97. The van der Waals surface area contributed by atoms with Crippen LogP contribution in [0.15, 0.2) is 0 Å². The standard InChI is InChI=1S/C14H28N2O3Si/c1-8-11(19-20(6,7)14(2,3)4)9-10-12(16-15)13(17)18-5/h11H,8-10H2,1-7H3/t11-/m1/s1. The predicted octanol–water partition coefficient (Wildman–Crippen LogP) is 3.41. The second-order valence-corrected chi connectivity index (χ2v) is 11.2. The van der Waals surface area contributed by atoms with Crippen LogP contribution in [0.3, 0.4) is 0 Å². The molecular weight excluding hydrogens is 272 g/mol. The average molecular weight is 300 g/mol. The van der Waals surface area contributed by atoms with E-state index in [1.54, 1.807) is 0 Å². The van der Waals surface area contributed by atoms with Gasteiger partial charge in [0.1, 0.15) is 0 Å². The van der Waals surface area contributed by atoms with Crippen molar-refractivity contribution in [1.82, 2.24) is 0 Å². The monoisotopic (exact) mass is 300 g/mol. The zero-order valence-corrected chi connectivity index (χ0v) is 14.8. The van der Waals surface area contributed by atoms with Gasteiger partial charge in [0.2, 0.25) is 0 Å². The van der Waals surface area contributed by atoms with Crippen molar-refractivity contribution in [3.8, 4) is 0 Å². The van der Waals surface area contributed by atoms with Crippen LogP contribution in [0.5, 0.6) is 0 Å². The lowest BCUT2D eigenvalue weighted by molar-refractivity contribution is -0.137. The van der Waals surface area contributed by atoms with E-state index in [-0.39, 0.29) is 16.9 Å². The molecule has 6 heteroatoms. The lowest BCUT2D eigenvalue weighted by Gasteiger charge is -2.39. The third-order valence-electron chi connectivity index (χ3n) is 3.97. The minimum absolute atomic E-state index is 0.0461. The third-order valence-corrected chi connectivity index (χ3v) is 8.50. The van der Waals surface area contributed by atoms with Crippen LogP contribution >= 0.6 is 0 Å². The summed E-state index contributed by atoms with van der Waals surface area (Å²) in [5.74, 6) is -0.588. The molecule has 20 heavy (non-hydrogen) atoms. The van der Waals surface area contributed by atoms with Crippen LogP contribution in [0, 0.1) is 0 Å². The van der Waals surface area contributed by atoms with E-state index < -0.39 is 14.3 Å². The number of hydrogen-bond donors (Lipinski definition) is 0. The second-order valence-electron chi connectivity index (χ2n) is 6.49. The first-order chi connectivity index (χ1) is 9.09. The van der Waals surface area contributed by atoms with Crippen LogP contribution < -0.4 is 0 Å². The molecule has 0 fully saturated rings. The van der Waals surface area contributed by atoms with E-state index in [1.807, 2.05) is 0 Å². The first kappa shape index (κ1) is 19.0. The van der Waals surface area contributed by atoms with Crippen LogP contribution in [-0.4, -0.2) is 38.0 Å². The van der Waals surface area contributed by atoms with Crippen molar-refractivity contribution in [2.24, 2.45) is 0 Å². The molecule has 0 unspecified atom stereocenters. The van der Waals surface area contributed by atoms with Crippen LogP contribution in [0.1, 0.15) is 47.0 Å². The molecule has 0 aliphatic rings. The Labute approximate surface area is 123 Å². The molecule has 0 aromatic heterocycles. The van der Waals surface area contributed by atoms with Gasteiger partial charge >= 0.3 is 11.7 Å². The van der Waals surface area contributed by atoms with Crippen molar-refractivity contribution in [2.45, 2.75) is 71.2 Å². The Balaban J connectivity index is 4.66. The van der Waals surface area contributed by atoms with E-state index in [0.29, 0.717) is 12.8 Å². The topological polar surface area (TPSA) is 71.9 Å². The fourth-order valence-electron chi connectivity index (χ4n) is 1.55. The smallest absolute Gasteiger partial charge is 0.416 e. The summed E-state index contributed by atoms with van der Waals surface area (Å²) in [5.41, 5.74) is 8.88. The SMILES string of the molecule is CC[C@H](CCC(=[N+]=[N-])C(=O)OC)O[Si](C)(C)C(C)(C)C. The molecule has 5 nitrogen and oxygen atoms in total. The second kappa shape index (κ2) is 7.72. The molecule has 0 radical (unpaired) electrons. The van der Waals surface area contributed by atoms with Crippen molar-refractivity contribution >= 4 is 20.0 Å². The Morgan fingerprint density at radius 3 is 2.25 bits per heavy atom. The van der Waals surface area contributed by atoms with E-state index >= 15 is 0 Å². The highest BCUT2D eigenvalue weighted by Crippen LogP contribution is 2.38. The zero-order valence-electron chi connectivity index (χ0n) is 13.8. The molecule has 0 N–H and O–H groups in total. The largest absolute Gasteiger partial charge is 0.460 e. The van der Waals surface area contributed by atoms with Gasteiger partial charge in [-0.05, 0) is 31.0 Å². The summed E-state index contributed by atoms with van der Waals surface area (Å²) in [4.78, 5) is 14.4. The summed E-state index contributed by atoms with van der Waals surface area (Å²) in [6.07, 6.45) is 1.94. The van der Waals surface area contributed by atoms with Gasteiger partial charge in [-0.15, -0.1) is 0 Å². The third kappa shape index (κ3) is 5.57. The molecule has 0 saturated heterocycles. The van der Waals surface area contributed by atoms with E-state index in [4.69, 9.17) is 9.96 Å². The fourth-order valence-corrected chi connectivity index (χ4v) is 3.02. The predicted molar refractivity (Wildman–Crippen MR) is 82.2 cm³/mol.